The van der Waals surface area contributed by atoms with E-state index < -0.39 is 0 Å². The van der Waals surface area contributed by atoms with Gasteiger partial charge >= 0.3 is 23.1 Å². The molecule has 0 amide bonds. The smallest absolute Gasteiger partial charge is 1.00 e. The van der Waals surface area contributed by atoms with Gasteiger partial charge < -0.3 is 12.4 Å². The molecule has 0 aromatic heterocycles. The number of allylic oxidation sites excluding steroid dienone is 4. The fourth-order valence-electron chi connectivity index (χ4n) is 1.63. The Kier molecular flexibility index (Phi) is 19.2. The van der Waals surface area contributed by atoms with Crippen molar-refractivity contribution in [2.24, 2.45) is 5.92 Å². The largest absolute Gasteiger partial charge is 2.00 e. The van der Waals surface area contributed by atoms with Crippen LogP contribution < -0.4 is 12.4 Å². The molecule has 0 aliphatic carbocycles. The first-order valence-corrected chi connectivity index (χ1v) is 6.14. The van der Waals surface area contributed by atoms with Crippen LogP contribution in [-0.4, -0.2) is 23.1 Å². The number of hydrogen-bond donors (Lipinski definition) is 0. The molecule has 0 aromatic rings. The van der Waals surface area contributed by atoms with Crippen LogP contribution >= 0.6 is 0 Å². The Morgan fingerprint density at radius 2 is 1.76 bits per heavy atom. The van der Waals surface area contributed by atoms with Crippen molar-refractivity contribution in [3.05, 3.63) is 30.2 Å². The van der Waals surface area contributed by atoms with Crippen LogP contribution in [0.4, 0.5) is 0 Å². The molecule has 96 valence electrons. The molecule has 0 rings (SSSR count). The summed E-state index contributed by atoms with van der Waals surface area (Å²) in [7, 11) is 0. The van der Waals surface area contributed by atoms with E-state index in [0.717, 1.165) is 5.92 Å². The molecule has 0 bridgehead atoms. The zero-order valence-corrected chi connectivity index (χ0v) is 14.2. The third kappa shape index (κ3) is 16.4. The minimum Gasteiger partial charge on any atom is -1.00 e. The van der Waals surface area contributed by atoms with Gasteiger partial charge in [-0.2, -0.15) is 0 Å². The third-order valence-corrected chi connectivity index (χ3v) is 2.83. The Hall–Kier alpha value is 0.406. The summed E-state index contributed by atoms with van der Waals surface area (Å²) in [6.07, 6.45) is 10.8. The minimum atomic E-state index is 0. The van der Waals surface area contributed by atoms with E-state index >= 15 is 0 Å². The maximum Gasteiger partial charge on any atom is 2.00 e. The number of hydrogen-bond acceptors (Lipinski definition) is 0. The quantitative estimate of drug-likeness (QED) is 0.376. The van der Waals surface area contributed by atoms with Gasteiger partial charge in [-0.1, -0.05) is 37.8 Å². The molecule has 0 saturated carbocycles. The average Bonchev–Trinajstić information content (AvgIpc) is 2.17. The summed E-state index contributed by atoms with van der Waals surface area (Å²) in [6.45, 7) is 12.7. The van der Waals surface area contributed by atoms with Crippen LogP contribution in [-0.2, 0) is 0 Å². The first kappa shape index (κ1) is 22.6. The normalized spacial score (nSPS) is 12.1. The summed E-state index contributed by atoms with van der Waals surface area (Å²) < 4.78 is 0. The predicted molar refractivity (Wildman–Crippen MR) is 76.5 cm³/mol. The van der Waals surface area contributed by atoms with Gasteiger partial charge in [0, 0.05) is 0 Å². The van der Waals surface area contributed by atoms with Gasteiger partial charge in [-0.15, -0.1) is 6.92 Å². The number of halogens is 1. The van der Waals surface area contributed by atoms with Crippen LogP contribution in [0.5, 0.6) is 0 Å². The van der Waals surface area contributed by atoms with Gasteiger partial charge in [-0.25, -0.2) is 18.6 Å². The van der Waals surface area contributed by atoms with Gasteiger partial charge in [0.1, 0.15) is 0 Å². The SMILES string of the molecule is [CH2-]C=C(C)CCCC(C)CCC=C(C)C.[Cl-].[Mg+2]. The van der Waals surface area contributed by atoms with Crippen LogP contribution in [0.2, 0.25) is 0 Å². The molecule has 1 atom stereocenters. The maximum absolute atomic E-state index is 3.78. The van der Waals surface area contributed by atoms with Crippen molar-refractivity contribution >= 4 is 23.1 Å². The molecule has 0 aromatic carbocycles. The van der Waals surface area contributed by atoms with E-state index in [2.05, 4.69) is 40.7 Å². The Morgan fingerprint density at radius 1 is 1.18 bits per heavy atom. The summed E-state index contributed by atoms with van der Waals surface area (Å²) >= 11 is 0. The van der Waals surface area contributed by atoms with Crippen molar-refractivity contribution in [2.75, 3.05) is 0 Å². The van der Waals surface area contributed by atoms with Crippen LogP contribution in [0.3, 0.4) is 0 Å². The zero-order valence-electron chi connectivity index (χ0n) is 12.1. The second-order valence-electron chi connectivity index (χ2n) is 4.91. The molecule has 0 aliphatic heterocycles. The third-order valence-electron chi connectivity index (χ3n) is 2.83. The van der Waals surface area contributed by atoms with Crippen LogP contribution in [0, 0.1) is 12.8 Å². The van der Waals surface area contributed by atoms with E-state index in [-0.39, 0.29) is 35.5 Å². The van der Waals surface area contributed by atoms with Crippen LogP contribution in [0.15, 0.2) is 23.3 Å². The summed E-state index contributed by atoms with van der Waals surface area (Å²) in [4.78, 5) is 0. The van der Waals surface area contributed by atoms with Gasteiger partial charge in [0.05, 0.1) is 0 Å². The molecule has 0 spiro atoms. The van der Waals surface area contributed by atoms with Gasteiger partial charge in [0.25, 0.3) is 0 Å². The zero-order chi connectivity index (χ0) is 11.7. The molecule has 2 heteroatoms. The van der Waals surface area contributed by atoms with E-state index in [1.54, 1.807) is 0 Å². The minimum absolute atomic E-state index is 0. The Morgan fingerprint density at radius 3 is 2.24 bits per heavy atom. The second-order valence-corrected chi connectivity index (χ2v) is 4.91. The second kappa shape index (κ2) is 14.5. The van der Waals surface area contributed by atoms with Crippen molar-refractivity contribution < 1.29 is 12.4 Å². The predicted octanol–water partition coefficient (Wildman–Crippen LogP) is 1.94. The topological polar surface area (TPSA) is 0 Å². The summed E-state index contributed by atoms with van der Waals surface area (Å²) in [5.41, 5.74) is 2.87. The van der Waals surface area contributed by atoms with Crippen LogP contribution in [0.1, 0.15) is 59.8 Å². The Balaban J connectivity index is -0.000000980. The number of rotatable bonds is 7. The summed E-state index contributed by atoms with van der Waals surface area (Å²) in [5.74, 6) is 0.859. The fraction of sp³-hybridized carbons (Fsp3) is 0.667. The van der Waals surface area contributed by atoms with Gasteiger partial charge in [0.2, 0.25) is 0 Å². The Bertz CT molecular complexity index is 215. The van der Waals surface area contributed by atoms with Gasteiger partial charge in [-0.3, -0.25) is 0 Å². The van der Waals surface area contributed by atoms with E-state index in [0.29, 0.717) is 0 Å². The molecule has 0 fully saturated rings. The van der Waals surface area contributed by atoms with Crippen molar-refractivity contribution in [1.29, 1.82) is 0 Å². The first-order valence-electron chi connectivity index (χ1n) is 6.14. The van der Waals surface area contributed by atoms with Crippen LogP contribution in [0.25, 0.3) is 0 Å². The molecule has 0 nitrogen and oxygen atoms in total. The maximum atomic E-state index is 3.78. The van der Waals surface area contributed by atoms with Crippen molar-refractivity contribution in [3.8, 4) is 0 Å². The molecule has 0 aliphatic rings. The molecule has 1 unspecified atom stereocenters. The molecule has 0 saturated heterocycles. The molecule has 0 radical (unpaired) electrons. The van der Waals surface area contributed by atoms with E-state index in [1.165, 1.54) is 43.3 Å². The Labute approximate surface area is 131 Å². The average molecular weight is 267 g/mol. The standard InChI is InChI=1S/C15H27.ClH.Mg/c1-6-14(4)10-8-12-15(5)11-7-9-13(2)3;;/h6,9,15H,1,7-8,10-12H2,2-5H3;1H;/q-1;;+2/p-1. The molecule has 0 N–H and O–H groups in total. The summed E-state index contributed by atoms with van der Waals surface area (Å²) in [5, 5.41) is 0. The molecule has 0 heterocycles. The fourth-order valence-corrected chi connectivity index (χ4v) is 1.63. The van der Waals surface area contributed by atoms with Crippen molar-refractivity contribution in [3.63, 3.8) is 0 Å². The molecular formula is C15H27ClMg. The van der Waals surface area contributed by atoms with Gasteiger partial charge in [0.15, 0.2) is 0 Å². The van der Waals surface area contributed by atoms with E-state index in [4.69, 9.17) is 0 Å². The molecule has 17 heavy (non-hydrogen) atoms. The van der Waals surface area contributed by atoms with Gasteiger partial charge in [-0.05, 0) is 32.6 Å². The summed E-state index contributed by atoms with van der Waals surface area (Å²) in [6, 6.07) is 0. The first-order chi connectivity index (χ1) is 7.06. The van der Waals surface area contributed by atoms with E-state index in [1.807, 2.05) is 6.08 Å². The molecular weight excluding hydrogens is 240 g/mol. The monoisotopic (exact) mass is 266 g/mol. The van der Waals surface area contributed by atoms with E-state index in [9.17, 15) is 0 Å². The van der Waals surface area contributed by atoms with Crippen molar-refractivity contribution in [2.45, 2.75) is 59.8 Å². The van der Waals surface area contributed by atoms with Crippen molar-refractivity contribution in [1.82, 2.24) is 0 Å².